The smallest absolute Gasteiger partial charge is 0.235 e. The molecule has 16 heavy (non-hydrogen) atoms. The molecule has 0 spiro atoms. The van der Waals surface area contributed by atoms with Crippen molar-refractivity contribution in [3.8, 4) is 0 Å². The van der Waals surface area contributed by atoms with E-state index in [0.717, 1.165) is 0 Å². The number of amides is 3. The molecule has 1 aliphatic carbocycles. The standard InChI is InChI=1S/C10H15N3O3/c1-10(2)6-7(10)9(16)13(8(6)15)4-3-5(14)12-11/h6-7H,3-4,11H2,1-2H3,(H,12,14). The van der Waals surface area contributed by atoms with Gasteiger partial charge >= 0.3 is 0 Å². The molecule has 3 N–H and O–H groups in total. The summed E-state index contributed by atoms with van der Waals surface area (Å²) in [4.78, 5) is 35.7. The van der Waals surface area contributed by atoms with Crippen molar-refractivity contribution in [2.45, 2.75) is 20.3 Å². The minimum atomic E-state index is -0.375. The highest BCUT2D eigenvalue weighted by molar-refractivity contribution is 6.10. The Balaban J connectivity index is 1.98. The molecule has 0 aromatic rings. The van der Waals surface area contributed by atoms with Crippen LogP contribution < -0.4 is 11.3 Å². The van der Waals surface area contributed by atoms with E-state index in [2.05, 4.69) is 0 Å². The number of nitrogens with zero attached hydrogens (tertiary/aromatic N) is 1. The van der Waals surface area contributed by atoms with E-state index in [4.69, 9.17) is 5.84 Å². The quantitative estimate of drug-likeness (QED) is 0.279. The number of fused-ring (bicyclic) bond motifs is 1. The van der Waals surface area contributed by atoms with Gasteiger partial charge in [-0.1, -0.05) is 13.8 Å². The first kappa shape index (κ1) is 11.1. The van der Waals surface area contributed by atoms with Gasteiger partial charge in [0.2, 0.25) is 17.7 Å². The summed E-state index contributed by atoms with van der Waals surface area (Å²) in [6.45, 7) is 3.97. The second-order valence-corrected chi connectivity index (χ2v) is 4.92. The molecule has 2 atom stereocenters. The van der Waals surface area contributed by atoms with E-state index in [1.165, 1.54) is 4.90 Å². The number of carbonyl (C=O) groups excluding carboxylic acids is 3. The monoisotopic (exact) mass is 225 g/mol. The van der Waals surface area contributed by atoms with Crippen LogP contribution in [-0.2, 0) is 14.4 Å². The van der Waals surface area contributed by atoms with E-state index in [1.807, 2.05) is 19.3 Å². The van der Waals surface area contributed by atoms with Gasteiger partial charge in [-0.05, 0) is 5.41 Å². The van der Waals surface area contributed by atoms with Crippen LogP contribution in [0.5, 0.6) is 0 Å². The number of hydrogen-bond acceptors (Lipinski definition) is 4. The van der Waals surface area contributed by atoms with Gasteiger partial charge in [-0.15, -0.1) is 0 Å². The zero-order valence-corrected chi connectivity index (χ0v) is 9.32. The molecular weight excluding hydrogens is 210 g/mol. The summed E-state index contributed by atoms with van der Waals surface area (Å²) in [5.41, 5.74) is 1.78. The zero-order chi connectivity index (χ0) is 12.1. The van der Waals surface area contributed by atoms with Crippen LogP contribution in [0, 0.1) is 17.3 Å². The summed E-state index contributed by atoms with van der Waals surface area (Å²) in [7, 11) is 0. The number of imide groups is 1. The molecule has 2 aliphatic rings. The van der Waals surface area contributed by atoms with E-state index in [1.54, 1.807) is 0 Å². The Morgan fingerprint density at radius 2 is 1.88 bits per heavy atom. The Kier molecular flexibility index (Phi) is 2.27. The Morgan fingerprint density at radius 3 is 2.31 bits per heavy atom. The van der Waals surface area contributed by atoms with Crippen molar-refractivity contribution < 1.29 is 14.4 Å². The number of hydrogen-bond donors (Lipinski definition) is 2. The summed E-state index contributed by atoms with van der Waals surface area (Å²) in [5, 5.41) is 0. The average molecular weight is 225 g/mol. The molecule has 3 amide bonds. The lowest BCUT2D eigenvalue weighted by Crippen LogP contribution is -2.40. The van der Waals surface area contributed by atoms with Gasteiger partial charge in [0.05, 0.1) is 11.8 Å². The normalized spacial score (nSPS) is 30.3. The predicted molar refractivity (Wildman–Crippen MR) is 54.4 cm³/mol. The molecule has 6 heteroatoms. The van der Waals surface area contributed by atoms with Gasteiger partial charge in [0.1, 0.15) is 0 Å². The second kappa shape index (κ2) is 3.28. The van der Waals surface area contributed by atoms with Crippen molar-refractivity contribution in [1.82, 2.24) is 10.3 Å². The highest BCUT2D eigenvalue weighted by Gasteiger charge is 2.72. The summed E-state index contributed by atoms with van der Waals surface area (Å²) in [6, 6.07) is 0. The molecule has 1 saturated carbocycles. The van der Waals surface area contributed by atoms with Gasteiger partial charge in [-0.3, -0.25) is 24.7 Å². The highest BCUT2D eigenvalue weighted by atomic mass is 16.2. The zero-order valence-electron chi connectivity index (χ0n) is 9.32. The first-order valence-corrected chi connectivity index (χ1v) is 5.26. The molecule has 1 saturated heterocycles. The lowest BCUT2D eigenvalue weighted by molar-refractivity contribution is -0.143. The molecule has 2 unspecified atom stereocenters. The fourth-order valence-electron chi connectivity index (χ4n) is 2.51. The maximum absolute atomic E-state index is 11.8. The van der Waals surface area contributed by atoms with Crippen LogP contribution in [0.15, 0.2) is 0 Å². The van der Waals surface area contributed by atoms with Crippen molar-refractivity contribution in [3.63, 3.8) is 0 Å². The molecular formula is C10H15N3O3. The van der Waals surface area contributed by atoms with Gasteiger partial charge in [-0.25, -0.2) is 5.84 Å². The van der Waals surface area contributed by atoms with Gasteiger partial charge < -0.3 is 0 Å². The van der Waals surface area contributed by atoms with Crippen LogP contribution in [0.2, 0.25) is 0 Å². The number of likely N-dealkylation sites (tertiary alicyclic amines) is 1. The van der Waals surface area contributed by atoms with Gasteiger partial charge in [0.25, 0.3) is 0 Å². The summed E-state index contributed by atoms with van der Waals surface area (Å²) in [6.07, 6.45) is 0.0633. The molecule has 88 valence electrons. The summed E-state index contributed by atoms with van der Waals surface area (Å²) in [5.74, 6) is 3.89. The minimum Gasteiger partial charge on any atom is -0.294 e. The van der Waals surface area contributed by atoms with Gasteiger partial charge in [0.15, 0.2) is 0 Å². The van der Waals surface area contributed by atoms with Crippen LogP contribution in [0.25, 0.3) is 0 Å². The van der Waals surface area contributed by atoms with E-state index < -0.39 is 0 Å². The fraction of sp³-hybridized carbons (Fsp3) is 0.700. The highest BCUT2D eigenvalue weighted by Crippen LogP contribution is 2.63. The third-order valence-electron chi connectivity index (χ3n) is 3.61. The largest absolute Gasteiger partial charge is 0.294 e. The Morgan fingerprint density at radius 1 is 1.38 bits per heavy atom. The van der Waals surface area contributed by atoms with E-state index in [-0.39, 0.29) is 47.9 Å². The second-order valence-electron chi connectivity index (χ2n) is 4.92. The topological polar surface area (TPSA) is 92.5 Å². The first-order chi connectivity index (χ1) is 7.41. The number of nitrogens with two attached hydrogens (primary N) is 1. The molecule has 1 aliphatic heterocycles. The van der Waals surface area contributed by atoms with Crippen molar-refractivity contribution in [1.29, 1.82) is 0 Å². The fourth-order valence-corrected chi connectivity index (χ4v) is 2.51. The van der Waals surface area contributed by atoms with E-state index >= 15 is 0 Å². The van der Waals surface area contributed by atoms with Crippen molar-refractivity contribution in [3.05, 3.63) is 0 Å². The number of rotatable bonds is 3. The Bertz CT molecular complexity index is 354. The van der Waals surface area contributed by atoms with Crippen LogP contribution in [-0.4, -0.2) is 29.2 Å². The first-order valence-electron chi connectivity index (χ1n) is 5.26. The van der Waals surface area contributed by atoms with Crippen molar-refractivity contribution in [2.24, 2.45) is 23.1 Å². The van der Waals surface area contributed by atoms with Gasteiger partial charge in [0, 0.05) is 13.0 Å². The summed E-state index contributed by atoms with van der Waals surface area (Å²) < 4.78 is 0. The summed E-state index contributed by atoms with van der Waals surface area (Å²) >= 11 is 0. The molecule has 1 heterocycles. The molecule has 2 rings (SSSR count). The van der Waals surface area contributed by atoms with Crippen molar-refractivity contribution in [2.75, 3.05) is 6.54 Å². The lowest BCUT2D eigenvalue weighted by Gasteiger charge is -2.19. The molecule has 6 nitrogen and oxygen atoms in total. The SMILES string of the molecule is CC1(C)C2C(=O)N(CCC(=O)NN)C(=O)C21. The van der Waals surface area contributed by atoms with Crippen LogP contribution in [0.1, 0.15) is 20.3 Å². The molecule has 0 aromatic carbocycles. The number of carbonyl (C=O) groups is 3. The molecule has 2 fully saturated rings. The number of piperidine rings is 1. The van der Waals surface area contributed by atoms with Gasteiger partial charge in [-0.2, -0.15) is 0 Å². The third kappa shape index (κ3) is 1.33. The van der Waals surface area contributed by atoms with Crippen LogP contribution >= 0.6 is 0 Å². The van der Waals surface area contributed by atoms with Crippen LogP contribution in [0.4, 0.5) is 0 Å². The maximum Gasteiger partial charge on any atom is 0.235 e. The lowest BCUT2D eigenvalue weighted by atomic mass is 10.1. The number of nitrogens with one attached hydrogen (secondary N) is 1. The molecule has 0 radical (unpaired) electrons. The Hall–Kier alpha value is -1.43. The van der Waals surface area contributed by atoms with E-state index in [9.17, 15) is 14.4 Å². The molecule has 0 aromatic heterocycles. The van der Waals surface area contributed by atoms with Crippen molar-refractivity contribution >= 4 is 17.7 Å². The predicted octanol–water partition coefficient (Wildman–Crippen LogP) is -0.993. The number of hydrazine groups is 1. The average Bonchev–Trinajstić information content (AvgIpc) is 2.68. The molecule has 0 bridgehead atoms. The Labute approximate surface area is 93.1 Å². The third-order valence-corrected chi connectivity index (χ3v) is 3.61. The maximum atomic E-state index is 11.8. The minimum absolute atomic E-state index is 0.0633. The van der Waals surface area contributed by atoms with Crippen LogP contribution in [0.3, 0.4) is 0 Å². The van der Waals surface area contributed by atoms with E-state index in [0.29, 0.717) is 0 Å².